The van der Waals surface area contributed by atoms with Gasteiger partial charge in [0.2, 0.25) is 0 Å². The zero-order chi connectivity index (χ0) is 15.6. The van der Waals surface area contributed by atoms with Gasteiger partial charge >= 0.3 is 6.09 Å². The number of benzene rings is 1. The van der Waals surface area contributed by atoms with Gasteiger partial charge in [0, 0.05) is 19.1 Å². The molecule has 0 saturated carbocycles. The lowest BCUT2D eigenvalue weighted by molar-refractivity contribution is 0.00787. The van der Waals surface area contributed by atoms with E-state index in [4.69, 9.17) is 4.74 Å². The van der Waals surface area contributed by atoms with E-state index in [1.165, 1.54) is 12.1 Å². The fourth-order valence-electron chi connectivity index (χ4n) is 2.41. The summed E-state index contributed by atoms with van der Waals surface area (Å²) in [6.45, 7) is 8.78. The maximum atomic E-state index is 13.1. The number of ether oxygens (including phenoxy) is 1. The average molecular weight is 294 g/mol. The summed E-state index contributed by atoms with van der Waals surface area (Å²) in [4.78, 5) is 14.1. The summed E-state index contributed by atoms with van der Waals surface area (Å²) in [6, 6.07) is 6.33. The number of carbonyl (C=O) groups is 1. The van der Waals surface area contributed by atoms with Gasteiger partial charge in [-0.25, -0.2) is 9.18 Å². The van der Waals surface area contributed by atoms with Gasteiger partial charge in [-0.05, 0) is 45.4 Å². The van der Waals surface area contributed by atoms with Crippen molar-refractivity contribution in [1.29, 1.82) is 0 Å². The van der Waals surface area contributed by atoms with Gasteiger partial charge < -0.3 is 10.1 Å². The molecule has 1 N–H and O–H groups in total. The van der Waals surface area contributed by atoms with Crippen LogP contribution in [0.5, 0.6) is 0 Å². The summed E-state index contributed by atoms with van der Waals surface area (Å²) in [5, 5.41) is 3.35. The van der Waals surface area contributed by atoms with Crippen molar-refractivity contribution in [3.63, 3.8) is 0 Å². The van der Waals surface area contributed by atoms with Crippen molar-refractivity contribution in [3.8, 4) is 0 Å². The Morgan fingerprint density at radius 2 is 1.95 bits per heavy atom. The van der Waals surface area contributed by atoms with Crippen LogP contribution in [0.2, 0.25) is 0 Å². The SMILES string of the molecule is C[C@H]1CN(C(=O)OC(C)(C)C)C(c2ccc(F)cc2)CN1. The highest BCUT2D eigenvalue weighted by Gasteiger charge is 2.33. The van der Waals surface area contributed by atoms with E-state index in [9.17, 15) is 9.18 Å². The van der Waals surface area contributed by atoms with Crippen molar-refractivity contribution in [1.82, 2.24) is 10.2 Å². The molecule has 1 fully saturated rings. The third-order valence-corrected chi connectivity index (χ3v) is 3.39. The zero-order valence-corrected chi connectivity index (χ0v) is 13.0. The minimum Gasteiger partial charge on any atom is -0.444 e. The highest BCUT2D eigenvalue weighted by Crippen LogP contribution is 2.26. The Kier molecular flexibility index (Phi) is 4.52. The Bertz CT molecular complexity index is 496. The van der Waals surface area contributed by atoms with Crippen LogP contribution in [0.4, 0.5) is 9.18 Å². The Balaban J connectivity index is 2.21. The van der Waals surface area contributed by atoms with E-state index in [1.54, 1.807) is 17.0 Å². The Hall–Kier alpha value is -1.62. The summed E-state index contributed by atoms with van der Waals surface area (Å²) in [5.41, 5.74) is 0.375. The van der Waals surface area contributed by atoms with Crippen molar-refractivity contribution in [3.05, 3.63) is 35.6 Å². The number of hydrogen-bond donors (Lipinski definition) is 1. The molecule has 0 radical (unpaired) electrons. The van der Waals surface area contributed by atoms with Crippen LogP contribution in [0.25, 0.3) is 0 Å². The van der Waals surface area contributed by atoms with Crippen LogP contribution >= 0.6 is 0 Å². The van der Waals surface area contributed by atoms with Gasteiger partial charge in [0.15, 0.2) is 0 Å². The van der Waals surface area contributed by atoms with Gasteiger partial charge in [0.1, 0.15) is 11.4 Å². The smallest absolute Gasteiger partial charge is 0.410 e. The number of halogens is 1. The van der Waals surface area contributed by atoms with E-state index in [-0.39, 0.29) is 24.0 Å². The molecule has 0 aromatic heterocycles. The van der Waals surface area contributed by atoms with E-state index in [1.807, 2.05) is 27.7 Å². The summed E-state index contributed by atoms with van der Waals surface area (Å²) in [6.07, 6.45) is -0.329. The summed E-state index contributed by atoms with van der Waals surface area (Å²) >= 11 is 0. The van der Waals surface area contributed by atoms with Crippen molar-refractivity contribution in [2.75, 3.05) is 13.1 Å². The topological polar surface area (TPSA) is 41.6 Å². The van der Waals surface area contributed by atoms with Crippen LogP contribution < -0.4 is 5.32 Å². The second-order valence-corrected chi connectivity index (χ2v) is 6.51. The molecule has 1 saturated heterocycles. The van der Waals surface area contributed by atoms with Gasteiger partial charge in [-0.1, -0.05) is 12.1 Å². The average Bonchev–Trinajstić information content (AvgIpc) is 2.38. The summed E-state index contributed by atoms with van der Waals surface area (Å²) in [7, 11) is 0. The summed E-state index contributed by atoms with van der Waals surface area (Å²) < 4.78 is 18.6. The first-order chi connectivity index (χ1) is 9.76. The van der Waals surface area contributed by atoms with E-state index in [0.717, 1.165) is 5.56 Å². The minimum absolute atomic E-state index is 0.142. The van der Waals surface area contributed by atoms with Crippen molar-refractivity contribution in [2.45, 2.75) is 45.4 Å². The molecular formula is C16H23FN2O2. The molecule has 21 heavy (non-hydrogen) atoms. The highest BCUT2D eigenvalue weighted by atomic mass is 19.1. The molecule has 0 aliphatic carbocycles. The standard InChI is InChI=1S/C16H23FN2O2/c1-11-10-19(15(20)21-16(2,3)4)14(9-18-11)12-5-7-13(17)8-6-12/h5-8,11,14,18H,9-10H2,1-4H3/t11-,14?/m0/s1. The van der Waals surface area contributed by atoms with Gasteiger partial charge in [-0.15, -0.1) is 0 Å². The number of nitrogens with one attached hydrogen (secondary N) is 1. The minimum atomic E-state index is -0.529. The van der Waals surface area contributed by atoms with Crippen molar-refractivity contribution >= 4 is 6.09 Å². The molecule has 1 aromatic rings. The summed E-state index contributed by atoms with van der Waals surface area (Å²) in [5.74, 6) is -0.278. The molecule has 4 nitrogen and oxygen atoms in total. The molecule has 0 bridgehead atoms. The van der Waals surface area contributed by atoms with Gasteiger partial charge in [-0.2, -0.15) is 0 Å². The molecule has 1 aliphatic heterocycles. The van der Waals surface area contributed by atoms with Crippen LogP contribution in [0.15, 0.2) is 24.3 Å². The lowest BCUT2D eigenvalue weighted by atomic mass is 10.0. The van der Waals surface area contributed by atoms with Crippen LogP contribution in [0.3, 0.4) is 0 Å². The molecule has 1 unspecified atom stereocenters. The van der Waals surface area contributed by atoms with E-state index >= 15 is 0 Å². The number of hydrogen-bond acceptors (Lipinski definition) is 3. The molecule has 5 heteroatoms. The van der Waals surface area contributed by atoms with Crippen molar-refractivity contribution in [2.24, 2.45) is 0 Å². The zero-order valence-electron chi connectivity index (χ0n) is 13.0. The van der Waals surface area contributed by atoms with Crippen molar-refractivity contribution < 1.29 is 13.9 Å². The second-order valence-electron chi connectivity index (χ2n) is 6.51. The lowest BCUT2D eigenvalue weighted by Crippen LogP contribution is -2.54. The predicted molar refractivity (Wildman–Crippen MR) is 79.5 cm³/mol. The fourth-order valence-corrected chi connectivity index (χ4v) is 2.41. The van der Waals surface area contributed by atoms with Gasteiger partial charge in [-0.3, -0.25) is 4.90 Å². The first-order valence-electron chi connectivity index (χ1n) is 7.25. The highest BCUT2D eigenvalue weighted by molar-refractivity contribution is 5.69. The Morgan fingerprint density at radius 3 is 2.52 bits per heavy atom. The molecule has 1 aromatic carbocycles. The van der Waals surface area contributed by atoms with Gasteiger partial charge in [0.25, 0.3) is 0 Å². The normalized spacial score (nSPS) is 23.0. The number of carbonyl (C=O) groups excluding carboxylic acids is 1. The monoisotopic (exact) mass is 294 g/mol. The molecule has 0 spiro atoms. The molecular weight excluding hydrogens is 271 g/mol. The molecule has 116 valence electrons. The Labute approximate surface area is 125 Å². The lowest BCUT2D eigenvalue weighted by Gasteiger charge is -2.40. The molecule has 2 rings (SSSR count). The fraction of sp³-hybridized carbons (Fsp3) is 0.562. The van der Waals surface area contributed by atoms with E-state index < -0.39 is 5.60 Å². The van der Waals surface area contributed by atoms with Crippen LogP contribution in [0.1, 0.15) is 39.3 Å². The maximum Gasteiger partial charge on any atom is 0.410 e. The quantitative estimate of drug-likeness (QED) is 0.865. The van der Waals surface area contributed by atoms with Crippen LogP contribution in [-0.4, -0.2) is 35.7 Å². The number of rotatable bonds is 1. The third kappa shape index (κ3) is 4.17. The Morgan fingerprint density at radius 1 is 1.33 bits per heavy atom. The van der Waals surface area contributed by atoms with E-state index in [2.05, 4.69) is 5.32 Å². The second kappa shape index (κ2) is 6.02. The molecule has 1 heterocycles. The third-order valence-electron chi connectivity index (χ3n) is 3.39. The number of nitrogens with zero attached hydrogens (tertiary/aromatic N) is 1. The predicted octanol–water partition coefficient (Wildman–Crippen LogP) is 3.10. The molecule has 2 atom stereocenters. The largest absolute Gasteiger partial charge is 0.444 e. The number of piperazine rings is 1. The molecule has 1 amide bonds. The van der Waals surface area contributed by atoms with Gasteiger partial charge in [0.05, 0.1) is 6.04 Å². The number of amides is 1. The first-order valence-corrected chi connectivity index (χ1v) is 7.25. The van der Waals surface area contributed by atoms with Crippen LogP contribution in [0, 0.1) is 5.82 Å². The van der Waals surface area contributed by atoms with Crippen LogP contribution in [-0.2, 0) is 4.74 Å². The maximum absolute atomic E-state index is 13.1. The van der Waals surface area contributed by atoms with E-state index in [0.29, 0.717) is 13.1 Å². The first kappa shape index (κ1) is 15.8. The molecule has 1 aliphatic rings.